The fourth-order valence-electron chi connectivity index (χ4n) is 1.05. The largest absolute Gasteiger partial charge is 0.573 e. The molecule has 17 heavy (non-hydrogen) atoms. The normalized spacial score (nSPS) is 12.5. The Morgan fingerprint density at radius 3 is 2.35 bits per heavy atom. The molecule has 0 saturated carbocycles. The molecule has 1 rings (SSSR count). The summed E-state index contributed by atoms with van der Waals surface area (Å²) in [7, 11) is 0.219. The molecule has 0 aliphatic heterocycles. The molecule has 1 heterocycles. The number of rotatable bonds is 2. The zero-order valence-electron chi connectivity index (χ0n) is 8.13. The summed E-state index contributed by atoms with van der Waals surface area (Å²) in [4.78, 5) is 11.8. The van der Waals surface area contributed by atoms with Gasteiger partial charge in [-0.15, -0.1) is 13.2 Å². The summed E-state index contributed by atoms with van der Waals surface area (Å²) in [6, 6.07) is 0. The first-order valence-electron chi connectivity index (χ1n) is 3.95. The van der Waals surface area contributed by atoms with E-state index < -0.39 is 31.6 Å². The monoisotopic (exact) mass is 291 g/mol. The van der Waals surface area contributed by atoms with Crippen LogP contribution in [0.3, 0.4) is 0 Å². The summed E-state index contributed by atoms with van der Waals surface area (Å²) in [5, 5.41) is 0. The third-order valence-corrected chi connectivity index (χ3v) is 2.97. The molecule has 5 nitrogen and oxygen atoms in total. The van der Waals surface area contributed by atoms with Crippen molar-refractivity contribution in [2.45, 2.75) is 18.2 Å². The van der Waals surface area contributed by atoms with Crippen LogP contribution in [0.4, 0.5) is 13.2 Å². The summed E-state index contributed by atoms with van der Waals surface area (Å²) in [6.07, 6.45) is -4.25. The van der Waals surface area contributed by atoms with E-state index in [1.165, 1.54) is 0 Å². The molecule has 0 spiro atoms. The lowest BCUT2D eigenvalue weighted by atomic mass is 10.3. The molecular formula is C7H5ClF3NO4S. The van der Waals surface area contributed by atoms with Crippen molar-refractivity contribution in [2.75, 3.05) is 0 Å². The molecule has 0 unspecified atom stereocenters. The maximum atomic E-state index is 12.0. The number of H-pyrrole nitrogens is 1. The number of alkyl halides is 3. The van der Waals surface area contributed by atoms with E-state index in [0.717, 1.165) is 13.1 Å². The number of aromatic nitrogens is 1. The molecule has 0 atom stereocenters. The van der Waals surface area contributed by atoms with Crippen molar-refractivity contribution in [1.82, 2.24) is 4.98 Å². The average Bonchev–Trinajstić information content (AvgIpc) is 2.06. The van der Waals surface area contributed by atoms with Crippen molar-refractivity contribution in [2.24, 2.45) is 0 Å². The van der Waals surface area contributed by atoms with Crippen LogP contribution >= 0.6 is 10.7 Å². The Balaban J connectivity index is 3.58. The molecular weight excluding hydrogens is 287 g/mol. The third-order valence-electron chi connectivity index (χ3n) is 1.65. The van der Waals surface area contributed by atoms with E-state index in [-0.39, 0.29) is 5.56 Å². The van der Waals surface area contributed by atoms with Crippen LogP contribution in [0.1, 0.15) is 5.56 Å². The van der Waals surface area contributed by atoms with Crippen LogP contribution in [0.15, 0.2) is 15.9 Å². The number of nitrogens with one attached hydrogen (secondary N) is 1. The molecule has 0 aliphatic rings. The summed E-state index contributed by atoms with van der Waals surface area (Å²) in [6.45, 7) is 1.13. The van der Waals surface area contributed by atoms with Gasteiger partial charge in [-0.05, 0) is 6.92 Å². The molecule has 0 aliphatic carbocycles. The van der Waals surface area contributed by atoms with Crippen molar-refractivity contribution in [3.63, 3.8) is 0 Å². The van der Waals surface area contributed by atoms with Gasteiger partial charge in [0.2, 0.25) is 0 Å². The molecule has 96 valence electrons. The maximum absolute atomic E-state index is 12.0. The second kappa shape index (κ2) is 4.22. The number of ether oxygens (including phenoxy) is 1. The molecule has 1 aromatic heterocycles. The highest BCUT2D eigenvalue weighted by Crippen LogP contribution is 2.31. The number of aryl methyl sites for hydroxylation is 1. The van der Waals surface area contributed by atoms with Crippen LogP contribution in [0.2, 0.25) is 0 Å². The fourth-order valence-corrected chi connectivity index (χ4v) is 2.18. The van der Waals surface area contributed by atoms with E-state index in [2.05, 4.69) is 4.74 Å². The first-order valence-corrected chi connectivity index (χ1v) is 6.26. The number of halogens is 4. The topological polar surface area (TPSA) is 76.2 Å². The van der Waals surface area contributed by atoms with Gasteiger partial charge in [-0.25, -0.2) is 8.42 Å². The van der Waals surface area contributed by atoms with E-state index >= 15 is 0 Å². The second-order valence-electron chi connectivity index (χ2n) is 2.94. The highest BCUT2D eigenvalue weighted by molar-refractivity contribution is 8.13. The fraction of sp³-hybridized carbons (Fsp3) is 0.286. The molecule has 0 amide bonds. The Morgan fingerprint density at radius 2 is 1.94 bits per heavy atom. The predicted molar refractivity (Wildman–Crippen MR) is 51.5 cm³/mol. The molecule has 0 saturated heterocycles. The van der Waals surface area contributed by atoms with Crippen molar-refractivity contribution in [3.8, 4) is 5.75 Å². The van der Waals surface area contributed by atoms with E-state index in [0.29, 0.717) is 0 Å². The van der Waals surface area contributed by atoms with Gasteiger partial charge in [-0.1, -0.05) is 0 Å². The lowest BCUT2D eigenvalue weighted by Gasteiger charge is -2.12. The highest BCUT2D eigenvalue weighted by Gasteiger charge is 2.36. The Hall–Kier alpha value is -1.22. The smallest absolute Gasteiger partial charge is 0.404 e. The van der Waals surface area contributed by atoms with Crippen LogP contribution < -0.4 is 10.3 Å². The molecule has 0 radical (unpaired) electrons. The van der Waals surface area contributed by atoms with Crippen LogP contribution in [-0.4, -0.2) is 19.8 Å². The van der Waals surface area contributed by atoms with Gasteiger partial charge in [0.25, 0.3) is 14.6 Å². The highest BCUT2D eigenvalue weighted by atomic mass is 35.7. The van der Waals surface area contributed by atoms with Crippen molar-refractivity contribution >= 4 is 19.7 Å². The standard InChI is InChI=1S/C7H5ClF3NO4S/c1-3-2-12-6(13)5(17(8,14)15)4(3)16-7(9,10)11/h2H,1H3,(H,12,13). The van der Waals surface area contributed by atoms with Gasteiger partial charge >= 0.3 is 6.36 Å². The molecule has 0 aromatic carbocycles. The van der Waals surface area contributed by atoms with Crippen LogP contribution in [0.5, 0.6) is 5.75 Å². The lowest BCUT2D eigenvalue weighted by Crippen LogP contribution is -2.23. The van der Waals surface area contributed by atoms with Crippen molar-refractivity contribution in [3.05, 3.63) is 22.1 Å². The van der Waals surface area contributed by atoms with Crippen molar-refractivity contribution in [1.29, 1.82) is 0 Å². The Bertz CT molecular complexity index is 592. The third kappa shape index (κ3) is 3.37. The first-order chi connectivity index (χ1) is 7.52. The number of pyridine rings is 1. The van der Waals surface area contributed by atoms with Crippen LogP contribution in [0.25, 0.3) is 0 Å². The summed E-state index contributed by atoms with van der Waals surface area (Å²) < 4.78 is 61.7. The van der Waals surface area contributed by atoms with Crippen molar-refractivity contribution < 1.29 is 26.3 Å². The minimum atomic E-state index is -5.13. The van der Waals surface area contributed by atoms with Crippen LogP contribution in [0, 0.1) is 6.92 Å². The summed E-state index contributed by atoms with van der Waals surface area (Å²) in [5.74, 6) is -1.13. The summed E-state index contributed by atoms with van der Waals surface area (Å²) in [5.41, 5.74) is -1.51. The molecule has 1 aromatic rings. The SMILES string of the molecule is Cc1c[nH]c(=O)c(S(=O)(=O)Cl)c1OC(F)(F)F. The Labute approximate surface area is 97.6 Å². The average molecular weight is 292 g/mol. The van der Waals surface area contributed by atoms with Gasteiger partial charge < -0.3 is 9.72 Å². The lowest BCUT2D eigenvalue weighted by molar-refractivity contribution is -0.275. The molecule has 1 N–H and O–H groups in total. The molecule has 10 heteroatoms. The van der Waals surface area contributed by atoms with Gasteiger partial charge in [0, 0.05) is 22.4 Å². The Kier molecular flexibility index (Phi) is 3.44. The zero-order valence-corrected chi connectivity index (χ0v) is 9.70. The van der Waals surface area contributed by atoms with Crippen LogP contribution in [-0.2, 0) is 9.05 Å². The maximum Gasteiger partial charge on any atom is 0.573 e. The van der Waals surface area contributed by atoms with E-state index in [9.17, 15) is 26.4 Å². The number of hydrogen-bond acceptors (Lipinski definition) is 4. The Morgan fingerprint density at radius 1 is 1.41 bits per heavy atom. The van der Waals surface area contributed by atoms with E-state index in [1.54, 1.807) is 0 Å². The van der Waals surface area contributed by atoms with Gasteiger partial charge in [0.1, 0.15) is 0 Å². The second-order valence-corrected chi connectivity index (χ2v) is 5.45. The van der Waals surface area contributed by atoms with Gasteiger partial charge in [-0.2, -0.15) is 0 Å². The summed E-state index contributed by atoms with van der Waals surface area (Å²) >= 11 is 0. The molecule has 0 fully saturated rings. The first kappa shape index (κ1) is 13.8. The van der Waals surface area contributed by atoms with E-state index in [1.807, 2.05) is 4.98 Å². The minimum Gasteiger partial charge on any atom is -0.404 e. The number of aromatic amines is 1. The minimum absolute atomic E-state index is 0.221. The quantitative estimate of drug-likeness (QED) is 0.838. The number of hydrogen-bond donors (Lipinski definition) is 1. The van der Waals surface area contributed by atoms with E-state index in [4.69, 9.17) is 10.7 Å². The van der Waals surface area contributed by atoms with Gasteiger partial charge in [-0.3, -0.25) is 4.79 Å². The van der Waals surface area contributed by atoms with Gasteiger partial charge in [0.05, 0.1) is 0 Å². The molecule has 0 bridgehead atoms. The van der Waals surface area contributed by atoms with Gasteiger partial charge in [0.15, 0.2) is 10.6 Å². The predicted octanol–water partition coefficient (Wildman–Crippen LogP) is 1.51. The zero-order chi connectivity index (χ0) is 13.4.